The molecule has 0 bridgehead atoms. The van der Waals surface area contributed by atoms with Crippen LogP contribution in [-0.4, -0.2) is 23.6 Å². The first-order valence-corrected chi connectivity index (χ1v) is 7.00. The minimum atomic E-state index is -0.509. The second-order valence-electron chi connectivity index (χ2n) is 5.70. The van der Waals surface area contributed by atoms with E-state index in [0.717, 1.165) is 21.6 Å². The Bertz CT molecular complexity index is 601. The molecule has 0 saturated carbocycles. The van der Waals surface area contributed by atoms with Gasteiger partial charge in [0.15, 0.2) is 11.8 Å². The molecule has 3 nitrogen and oxygen atoms in total. The Hall–Kier alpha value is -2.29. The number of hydrogen-bond acceptors (Lipinski definition) is 2. The monoisotopic (exact) mass is 283 g/mol. The van der Waals surface area contributed by atoms with E-state index in [4.69, 9.17) is 4.74 Å². The molecule has 0 unspecified atom stereocenters. The van der Waals surface area contributed by atoms with E-state index in [1.54, 1.807) is 13.3 Å². The van der Waals surface area contributed by atoms with Crippen LogP contribution < -0.4 is 4.74 Å². The maximum Gasteiger partial charge on any atom is 0.182 e. The van der Waals surface area contributed by atoms with Crippen molar-refractivity contribution in [2.75, 3.05) is 7.11 Å². The van der Waals surface area contributed by atoms with Gasteiger partial charge in [-0.1, -0.05) is 30.3 Å². The Kier molecular flexibility index (Phi) is 4.63. The summed E-state index contributed by atoms with van der Waals surface area (Å²) in [5.41, 5.74) is 1.52. The highest BCUT2D eigenvalue weighted by atomic mass is 16.5. The lowest BCUT2D eigenvalue weighted by molar-refractivity contribution is -0.535. The predicted molar refractivity (Wildman–Crippen MR) is 86.0 cm³/mol. The van der Waals surface area contributed by atoms with Gasteiger partial charge in [-0.15, -0.1) is 0 Å². The van der Waals surface area contributed by atoms with Crippen LogP contribution in [0.15, 0.2) is 54.6 Å². The number of hydroxylamine groups is 1. The molecule has 0 aromatic heterocycles. The first kappa shape index (κ1) is 15.1. The summed E-state index contributed by atoms with van der Waals surface area (Å²) in [6, 6.07) is 17.5. The topological polar surface area (TPSA) is 35.3 Å². The van der Waals surface area contributed by atoms with Crippen molar-refractivity contribution in [2.45, 2.75) is 25.8 Å². The lowest BCUT2D eigenvalue weighted by atomic mass is 9.95. The van der Waals surface area contributed by atoms with Gasteiger partial charge >= 0.3 is 0 Å². The molecule has 0 aliphatic rings. The van der Waals surface area contributed by atoms with E-state index in [0.29, 0.717) is 6.42 Å². The fourth-order valence-corrected chi connectivity index (χ4v) is 2.17. The quantitative estimate of drug-likeness (QED) is 0.363. The number of rotatable bonds is 5. The molecule has 0 N–H and O–H groups in total. The summed E-state index contributed by atoms with van der Waals surface area (Å²) in [6.07, 6.45) is 2.31. The van der Waals surface area contributed by atoms with Crippen molar-refractivity contribution in [2.24, 2.45) is 0 Å². The van der Waals surface area contributed by atoms with Gasteiger partial charge in [0.2, 0.25) is 0 Å². The first-order valence-electron chi connectivity index (χ1n) is 7.00. The zero-order valence-corrected chi connectivity index (χ0v) is 12.7. The first-order chi connectivity index (χ1) is 10.0. The van der Waals surface area contributed by atoms with Gasteiger partial charge in [-0.25, -0.2) is 4.74 Å². The van der Waals surface area contributed by atoms with Crippen molar-refractivity contribution in [1.82, 2.24) is 0 Å². The molecule has 0 radical (unpaired) electrons. The molecule has 0 aliphatic carbocycles. The zero-order valence-electron chi connectivity index (χ0n) is 12.7. The molecule has 3 heteroatoms. The molecule has 0 fully saturated rings. The van der Waals surface area contributed by atoms with Gasteiger partial charge in [-0.05, 0) is 29.8 Å². The molecule has 0 spiro atoms. The highest BCUT2D eigenvalue weighted by Gasteiger charge is 2.26. The molecule has 0 amide bonds. The Labute approximate surface area is 126 Å². The highest BCUT2D eigenvalue weighted by Crippen LogP contribution is 2.19. The summed E-state index contributed by atoms with van der Waals surface area (Å²) in [7, 11) is 1.65. The largest absolute Gasteiger partial charge is 0.623 e. The van der Waals surface area contributed by atoms with Crippen molar-refractivity contribution in [3.63, 3.8) is 0 Å². The Balaban J connectivity index is 2.14. The Morgan fingerprint density at radius 2 is 1.67 bits per heavy atom. The van der Waals surface area contributed by atoms with Crippen LogP contribution in [0.1, 0.15) is 25.0 Å². The molecule has 2 rings (SSSR count). The highest BCUT2D eigenvalue weighted by molar-refractivity contribution is 5.75. The second kappa shape index (κ2) is 6.44. The minimum Gasteiger partial charge on any atom is -0.623 e. The van der Waals surface area contributed by atoms with Crippen LogP contribution in [0, 0.1) is 5.21 Å². The van der Waals surface area contributed by atoms with Crippen LogP contribution in [0.25, 0.3) is 0 Å². The normalized spacial score (nSPS) is 12.2. The predicted octanol–water partition coefficient (Wildman–Crippen LogP) is 3.65. The molecule has 21 heavy (non-hydrogen) atoms. The maximum atomic E-state index is 12.4. The van der Waals surface area contributed by atoms with E-state index >= 15 is 0 Å². The fraction of sp³-hybridized carbons (Fsp3) is 0.278. The van der Waals surface area contributed by atoms with Crippen molar-refractivity contribution in [3.05, 3.63) is 70.9 Å². The van der Waals surface area contributed by atoms with Gasteiger partial charge in [-0.3, -0.25) is 0 Å². The fourth-order valence-electron chi connectivity index (χ4n) is 2.17. The SMILES string of the molecule is COc1ccc(CC(C)(C)/[N+]([O-])=C/c2ccccc2)cc1. The van der Waals surface area contributed by atoms with E-state index in [9.17, 15) is 5.21 Å². The summed E-state index contributed by atoms with van der Waals surface area (Å²) < 4.78 is 6.18. The molecule has 2 aromatic carbocycles. The Morgan fingerprint density at radius 1 is 1.05 bits per heavy atom. The van der Waals surface area contributed by atoms with E-state index in [2.05, 4.69) is 0 Å². The summed E-state index contributed by atoms with van der Waals surface area (Å²) >= 11 is 0. The molecule has 0 heterocycles. The van der Waals surface area contributed by atoms with Crippen LogP contribution in [0.4, 0.5) is 0 Å². The van der Waals surface area contributed by atoms with E-state index in [-0.39, 0.29) is 0 Å². The third-order valence-electron chi connectivity index (χ3n) is 3.46. The maximum absolute atomic E-state index is 12.4. The molecular weight excluding hydrogens is 262 g/mol. The standard InChI is InChI=1S/C18H21NO2/c1-18(2,13-15-9-11-17(21-3)12-10-15)19(20)14-16-7-5-4-6-8-16/h4-12,14H,13H2,1-3H3/b19-14-. The molecule has 0 saturated heterocycles. The van der Waals surface area contributed by atoms with Gasteiger partial charge in [0.05, 0.1) is 7.11 Å². The van der Waals surface area contributed by atoms with Gasteiger partial charge in [0.1, 0.15) is 5.75 Å². The van der Waals surface area contributed by atoms with Crippen LogP contribution >= 0.6 is 0 Å². The molecule has 110 valence electrons. The molecule has 0 atom stereocenters. The van der Waals surface area contributed by atoms with Crippen LogP contribution in [-0.2, 0) is 6.42 Å². The smallest absolute Gasteiger partial charge is 0.182 e. The molecule has 0 aliphatic heterocycles. The Morgan fingerprint density at radius 3 is 2.24 bits per heavy atom. The lowest BCUT2D eigenvalue weighted by Gasteiger charge is -2.24. The van der Waals surface area contributed by atoms with Crippen LogP contribution in [0.3, 0.4) is 0 Å². The summed E-state index contributed by atoms with van der Waals surface area (Å²) in [5, 5.41) is 12.4. The molecular formula is C18H21NO2. The third-order valence-corrected chi connectivity index (χ3v) is 3.46. The number of methoxy groups -OCH3 is 1. The third kappa shape index (κ3) is 4.09. The average molecular weight is 283 g/mol. The van der Waals surface area contributed by atoms with Gasteiger partial charge in [0, 0.05) is 25.8 Å². The van der Waals surface area contributed by atoms with Crippen molar-refractivity contribution in [1.29, 1.82) is 0 Å². The zero-order chi connectivity index (χ0) is 15.3. The van der Waals surface area contributed by atoms with Gasteiger partial charge in [0.25, 0.3) is 0 Å². The van der Waals surface area contributed by atoms with Crippen LogP contribution in [0.2, 0.25) is 0 Å². The summed E-state index contributed by atoms with van der Waals surface area (Å²) in [4.78, 5) is 0. The summed E-state index contributed by atoms with van der Waals surface area (Å²) in [5.74, 6) is 0.825. The van der Waals surface area contributed by atoms with Crippen LogP contribution in [0.5, 0.6) is 5.75 Å². The van der Waals surface area contributed by atoms with Gasteiger partial charge < -0.3 is 9.94 Å². The van der Waals surface area contributed by atoms with Crippen molar-refractivity contribution < 1.29 is 9.48 Å². The summed E-state index contributed by atoms with van der Waals surface area (Å²) in [6.45, 7) is 3.90. The van der Waals surface area contributed by atoms with E-state index in [1.165, 1.54) is 0 Å². The minimum absolute atomic E-state index is 0.509. The number of ether oxygens (including phenoxy) is 1. The second-order valence-corrected chi connectivity index (χ2v) is 5.70. The average Bonchev–Trinajstić information content (AvgIpc) is 2.48. The molecule has 2 aromatic rings. The number of nitrogens with zero attached hydrogens (tertiary/aromatic N) is 1. The van der Waals surface area contributed by atoms with E-state index in [1.807, 2.05) is 68.4 Å². The van der Waals surface area contributed by atoms with Crippen molar-refractivity contribution in [3.8, 4) is 5.75 Å². The number of hydrogen-bond donors (Lipinski definition) is 0. The van der Waals surface area contributed by atoms with Crippen molar-refractivity contribution >= 4 is 6.21 Å². The van der Waals surface area contributed by atoms with Gasteiger partial charge in [-0.2, -0.15) is 0 Å². The number of benzene rings is 2. The lowest BCUT2D eigenvalue weighted by Crippen LogP contribution is -2.35. The van der Waals surface area contributed by atoms with E-state index < -0.39 is 5.54 Å².